The van der Waals surface area contributed by atoms with Crippen LogP contribution in [0.1, 0.15) is 47.6 Å². The van der Waals surface area contributed by atoms with Crippen LogP contribution in [-0.2, 0) is 4.79 Å². The summed E-state index contributed by atoms with van der Waals surface area (Å²) in [7, 11) is 0. The van der Waals surface area contributed by atoms with Crippen LogP contribution in [-0.4, -0.2) is 23.1 Å². The van der Waals surface area contributed by atoms with Gasteiger partial charge in [0.05, 0.1) is 6.04 Å². The van der Waals surface area contributed by atoms with Crippen LogP contribution in [0.4, 0.5) is 0 Å². The number of nitrogens with zero attached hydrogens (tertiary/aromatic N) is 1. The number of benzene rings is 1. The highest BCUT2D eigenvalue weighted by Crippen LogP contribution is 2.42. The number of ketones is 1. The molecule has 2 aliphatic rings. The lowest BCUT2D eigenvalue weighted by Gasteiger charge is -2.33. The average Bonchev–Trinajstić information content (AvgIpc) is 2.74. The number of carbonyl (C=O) groups excluding carboxylic acids is 2. The van der Waals surface area contributed by atoms with Crippen molar-refractivity contribution in [3.63, 3.8) is 0 Å². The number of amides is 1. The van der Waals surface area contributed by atoms with Crippen LogP contribution in [0.5, 0.6) is 0 Å². The summed E-state index contributed by atoms with van der Waals surface area (Å²) < 4.78 is 0. The van der Waals surface area contributed by atoms with E-state index < -0.39 is 0 Å². The highest BCUT2D eigenvalue weighted by Gasteiger charge is 2.43. The van der Waals surface area contributed by atoms with E-state index in [0.717, 1.165) is 30.4 Å². The zero-order chi connectivity index (χ0) is 14.1. The molecule has 1 aliphatic heterocycles. The van der Waals surface area contributed by atoms with E-state index in [-0.39, 0.29) is 17.9 Å². The minimum absolute atomic E-state index is 0.0314. The fourth-order valence-electron chi connectivity index (χ4n) is 3.51. The van der Waals surface area contributed by atoms with Gasteiger partial charge in [0.2, 0.25) is 0 Å². The first-order valence-corrected chi connectivity index (χ1v) is 7.27. The number of rotatable bonds is 3. The molecule has 1 saturated carbocycles. The molecular formula is C17H19NO2. The van der Waals surface area contributed by atoms with Crippen molar-refractivity contribution in [3.05, 3.63) is 48.0 Å². The number of hydrogen-bond acceptors (Lipinski definition) is 2. The summed E-state index contributed by atoms with van der Waals surface area (Å²) in [5.41, 5.74) is 1.76. The van der Waals surface area contributed by atoms with Crippen molar-refractivity contribution in [3.8, 4) is 0 Å². The van der Waals surface area contributed by atoms with Gasteiger partial charge >= 0.3 is 0 Å². The minimum atomic E-state index is -0.0931. The van der Waals surface area contributed by atoms with Gasteiger partial charge in [-0.05, 0) is 24.5 Å². The summed E-state index contributed by atoms with van der Waals surface area (Å²) in [6.07, 6.45) is 5.34. The van der Waals surface area contributed by atoms with Gasteiger partial charge in [-0.3, -0.25) is 9.59 Å². The Morgan fingerprint density at radius 1 is 1.25 bits per heavy atom. The molecule has 1 amide bonds. The maximum Gasteiger partial charge on any atom is 0.255 e. The third-order valence-corrected chi connectivity index (χ3v) is 4.42. The molecule has 2 unspecified atom stereocenters. The standard InChI is InChI=1S/C17H19NO2/c1-2-11-18-16(14-9-5-6-10-15(14)19)12-7-3-4-8-13(12)17(18)20/h2-4,7-8,14,16H,1,5-6,9-11H2. The van der Waals surface area contributed by atoms with Gasteiger partial charge in [-0.25, -0.2) is 0 Å². The largest absolute Gasteiger partial charge is 0.327 e. The van der Waals surface area contributed by atoms with Crippen LogP contribution in [0, 0.1) is 5.92 Å². The van der Waals surface area contributed by atoms with E-state index in [1.807, 2.05) is 29.2 Å². The lowest BCUT2D eigenvalue weighted by atomic mass is 9.80. The number of Topliss-reactive ketones (excluding diaryl/α,β-unsaturated/α-hetero) is 1. The second kappa shape index (κ2) is 5.23. The Bertz CT molecular complexity index is 564. The van der Waals surface area contributed by atoms with Crippen LogP contribution >= 0.6 is 0 Å². The van der Waals surface area contributed by atoms with E-state index in [1.165, 1.54) is 0 Å². The first-order chi connectivity index (χ1) is 9.74. The maximum absolute atomic E-state index is 12.5. The van der Waals surface area contributed by atoms with Crippen molar-refractivity contribution >= 4 is 11.7 Å². The molecule has 104 valence electrons. The molecule has 3 heteroatoms. The van der Waals surface area contributed by atoms with Crippen LogP contribution in [0.25, 0.3) is 0 Å². The summed E-state index contributed by atoms with van der Waals surface area (Å²) in [4.78, 5) is 26.6. The smallest absolute Gasteiger partial charge is 0.255 e. The molecule has 2 atom stereocenters. The molecule has 1 aromatic rings. The first-order valence-electron chi connectivity index (χ1n) is 7.27. The maximum atomic E-state index is 12.5. The molecule has 3 rings (SSSR count). The first kappa shape index (κ1) is 13.1. The van der Waals surface area contributed by atoms with E-state index in [1.54, 1.807) is 6.08 Å². The van der Waals surface area contributed by atoms with Crippen molar-refractivity contribution in [2.75, 3.05) is 6.54 Å². The Morgan fingerprint density at radius 3 is 2.80 bits per heavy atom. The SMILES string of the molecule is C=CCN1C(=O)c2ccccc2C1C1CCCCC1=O. The third-order valence-electron chi connectivity index (χ3n) is 4.42. The summed E-state index contributed by atoms with van der Waals surface area (Å²) in [5.74, 6) is 0.292. The highest BCUT2D eigenvalue weighted by molar-refractivity contribution is 6.00. The van der Waals surface area contributed by atoms with Gasteiger partial charge in [-0.1, -0.05) is 30.7 Å². The van der Waals surface area contributed by atoms with Gasteiger partial charge in [0.25, 0.3) is 5.91 Å². The van der Waals surface area contributed by atoms with Gasteiger partial charge < -0.3 is 4.90 Å². The van der Waals surface area contributed by atoms with Crippen molar-refractivity contribution in [1.29, 1.82) is 0 Å². The Morgan fingerprint density at radius 2 is 2.05 bits per heavy atom. The number of hydrogen-bond donors (Lipinski definition) is 0. The summed E-state index contributed by atoms with van der Waals surface area (Å²) in [6.45, 7) is 4.24. The van der Waals surface area contributed by atoms with Gasteiger partial charge in [0.15, 0.2) is 0 Å². The Kier molecular flexibility index (Phi) is 3.43. The molecule has 0 N–H and O–H groups in total. The number of fused-ring (bicyclic) bond motifs is 1. The molecule has 1 fully saturated rings. The molecule has 1 heterocycles. The van der Waals surface area contributed by atoms with Crippen LogP contribution in [0.15, 0.2) is 36.9 Å². The highest BCUT2D eigenvalue weighted by atomic mass is 16.2. The van der Waals surface area contributed by atoms with E-state index in [4.69, 9.17) is 0 Å². The van der Waals surface area contributed by atoms with Gasteiger partial charge in [0.1, 0.15) is 5.78 Å². The zero-order valence-electron chi connectivity index (χ0n) is 11.5. The lowest BCUT2D eigenvalue weighted by Crippen LogP contribution is -2.36. The second-order valence-electron chi connectivity index (χ2n) is 5.60. The Hall–Kier alpha value is -1.90. The molecule has 0 bridgehead atoms. The van der Waals surface area contributed by atoms with Crippen LogP contribution in [0.2, 0.25) is 0 Å². The fraction of sp³-hybridized carbons (Fsp3) is 0.412. The second-order valence-corrected chi connectivity index (χ2v) is 5.60. The van der Waals surface area contributed by atoms with Crippen molar-refractivity contribution in [2.24, 2.45) is 5.92 Å². The van der Waals surface area contributed by atoms with Crippen LogP contribution < -0.4 is 0 Å². The zero-order valence-corrected chi connectivity index (χ0v) is 11.5. The molecule has 3 nitrogen and oxygen atoms in total. The molecule has 1 aromatic carbocycles. The summed E-state index contributed by atoms with van der Waals surface area (Å²) in [6, 6.07) is 7.59. The number of carbonyl (C=O) groups is 2. The van der Waals surface area contributed by atoms with E-state index in [9.17, 15) is 9.59 Å². The van der Waals surface area contributed by atoms with Crippen molar-refractivity contribution in [1.82, 2.24) is 4.90 Å². The van der Waals surface area contributed by atoms with Gasteiger partial charge in [0, 0.05) is 24.4 Å². The van der Waals surface area contributed by atoms with Gasteiger partial charge in [-0.2, -0.15) is 0 Å². The minimum Gasteiger partial charge on any atom is -0.327 e. The normalized spacial score (nSPS) is 25.7. The Labute approximate surface area is 119 Å². The van der Waals surface area contributed by atoms with Gasteiger partial charge in [-0.15, -0.1) is 6.58 Å². The molecule has 0 aromatic heterocycles. The molecule has 0 radical (unpaired) electrons. The lowest BCUT2D eigenvalue weighted by molar-refractivity contribution is -0.126. The topological polar surface area (TPSA) is 37.4 Å². The third kappa shape index (κ3) is 1.98. The summed E-state index contributed by atoms with van der Waals surface area (Å²) >= 11 is 0. The predicted octanol–water partition coefficient (Wildman–Crippen LogP) is 3.13. The van der Waals surface area contributed by atoms with Crippen molar-refractivity contribution in [2.45, 2.75) is 31.7 Å². The Balaban J connectivity index is 2.03. The van der Waals surface area contributed by atoms with Crippen LogP contribution in [0.3, 0.4) is 0 Å². The van der Waals surface area contributed by atoms with Crippen molar-refractivity contribution < 1.29 is 9.59 Å². The van der Waals surface area contributed by atoms with E-state index in [0.29, 0.717) is 18.7 Å². The quantitative estimate of drug-likeness (QED) is 0.791. The summed E-state index contributed by atoms with van der Waals surface area (Å²) in [5, 5.41) is 0. The molecule has 20 heavy (non-hydrogen) atoms. The van der Waals surface area contributed by atoms with E-state index in [2.05, 4.69) is 6.58 Å². The fourth-order valence-corrected chi connectivity index (χ4v) is 3.51. The molecule has 1 aliphatic carbocycles. The molecule has 0 spiro atoms. The molecule has 0 saturated heterocycles. The average molecular weight is 269 g/mol. The monoisotopic (exact) mass is 269 g/mol. The predicted molar refractivity (Wildman–Crippen MR) is 77.4 cm³/mol. The van der Waals surface area contributed by atoms with E-state index >= 15 is 0 Å². The molecular weight excluding hydrogens is 250 g/mol.